The molecule has 2 aromatic rings. The molecule has 0 radical (unpaired) electrons. The summed E-state index contributed by atoms with van der Waals surface area (Å²) < 4.78 is 10.4. The van der Waals surface area contributed by atoms with Gasteiger partial charge in [-0.1, -0.05) is 17.7 Å². The molecule has 2 amide bonds. The number of carbonyl (C=O) groups is 4. The van der Waals surface area contributed by atoms with E-state index in [2.05, 4.69) is 0 Å². The summed E-state index contributed by atoms with van der Waals surface area (Å²) in [5.74, 6) is -1.71. The third-order valence-corrected chi connectivity index (χ3v) is 5.07. The quantitative estimate of drug-likeness (QED) is 0.536. The van der Waals surface area contributed by atoms with Crippen LogP contribution in [0.15, 0.2) is 39.7 Å². The average Bonchev–Trinajstić information content (AvgIpc) is 3.22. The number of hydrogen-bond acceptors (Lipinski definition) is 7. The van der Waals surface area contributed by atoms with Crippen LogP contribution in [0, 0.1) is 0 Å². The molecular formula is C19H14ClNO7S. The fraction of sp³-hybridized carbons (Fsp3) is 0.158. The van der Waals surface area contributed by atoms with Gasteiger partial charge in [-0.2, -0.15) is 0 Å². The number of furan rings is 1. The Hall–Kier alpha value is -3.04. The standard InChI is InChI=1S/C19H14ClNO7S/c1-2-27-16(22)9-21-17(23)15(29-19(21)26)8-11-4-6-14(28-11)10-3-5-12(18(24)25)13(20)7-10/h3-8H,2,9H2,1H3,(H,24,25)/b15-8+. The summed E-state index contributed by atoms with van der Waals surface area (Å²) in [5, 5.41) is 8.52. The summed E-state index contributed by atoms with van der Waals surface area (Å²) in [5.41, 5.74) is 0.521. The number of esters is 1. The SMILES string of the molecule is CCOC(=O)CN1C(=O)S/C(=C/c2ccc(-c3ccc(C(=O)O)c(Cl)c3)o2)C1=O. The second kappa shape index (κ2) is 8.54. The summed E-state index contributed by atoms with van der Waals surface area (Å²) in [6.45, 7) is 1.33. The van der Waals surface area contributed by atoms with E-state index in [1.165, 1.54) is 18.2 Å². The first-order valence-electron chi connectivity index (χ1n) is 8.34. The van der Waals surface area contributed by atoms with Gasteiger partial charge >= 0.3 is 11.9 Å². The van der Waals surface area contributed by atoms with Gasteiger partial charge in [0.2, 0.25) is 0 Å². The molecule has 150 valence electrons. The normalized spacial score (nSPS) is 15.2. The van der Waals surface area contributed by atoms with E-state index < -0.39 is 29.6 Å². The molecule has 0 bridgehead atoms. The van der Waals surface area contributed by atoms with Crippen LogP contribution in [0.3, 0.4) is 0 Å². The average molecular weight is 436 g/mol. The first-order valence-corrected chi connectivity index (χ1v) is 9.53. The molecule has 0 unspecified atom stereocenters. The Labute approximate surface area is 174 Å². The van der Waals surface area contributed by atoms with Gasteiger partial charge in [-0.3, -0.25) is 19.3 Å². The maximum atomic E-state index is 12.4. The molecule has 10 heteroatoms. The highest BCUT2D eigenvalue weighted by molar-refractivity contribution is 8.18. The molecule has 1 N–H and O–H groups in total. The van der Waals surface area contributed by atoms with Crippen LogP contribution < -0.4 is 0 Å². The van der Waals surface area contributed by atoms with Crippen molar-refractivity contribution in [2.45, 2.75) is 6.92 Å². The number of carboxylic acid groups (broad SMARTS) is 1. The van der Waals surface area contributed by atoms with Crippen molar-refractivity contribution < 1.29 is 33.4 Å². The molecule has 0 atom stereocenters. The minimum Gasteiger partial charge on any atom is -0.478 e. The molecule has 1 aromatic carbocycles. The molecule has 29 heavy (non-hydrogen) atoms. The van der Waals surface area contributed by atoms with Gasteiger partial charge in [-0.15, -0.1) is 0 Å². The second-order valence-corrected chi connectivity index (χ2v) is 7.18. The molecule has 1 aromatic heterocycles. The Morgan fingerprint density at radius 1 is 1.28 bits per heavy atom. The van der Waals surface area contributed by atoms with Gasteiger partial charge in [0.25, 0.3) is 11.1 Å². The zero-order valence-corrected chi connectivity index (χ0v) is 16.6. The van der Waals surface area contributed by atoms with Crippen molar-refractivity contribution in [2.75, 3.05) is 13.2 Å². The number of halogens is 1. The third kappa shape index (κ3) is 4.52. The molecule has 2 heterocycles. The Kier molecular flexibility index (Phi) is 6.09. The van der Waals surface area contributed by atoms with Crippen LogP contribution in [-0.4, -0.2) is 46.2 Å². The number of aromatic carboxylic acids is 1. The van der Waals surface area contributed by atoms with Crippen LogP contribution in [0.1, 0.15) is 23.0 Å². The predicted molar refractivity (Wildman–Crippen MR) is 105 cm³/mol. The number of carbonyl (C=O) groups excluding carboxylic acids is 3. The van der Waals surface area contributed by atoms with E-state index in [1.807, 2.05) is 0 Å². The van der Waals surface area contributed by atoms with Crippen LogP contribution >= 0.6 is 23.4 Å². The number of hydrogen-bond donors (Lipinski definition) is 1. The van der Waals surface area contributed by atoms with Crippen LogP contribution in [0.5, 0.6) is 0 Å². The van der Waals surface area contributed by atoms with Gasteiger partial charge in [0, 0.05) is 11.6 Å². The second-order valence-electron chi connectivity index (χ2n) is 5.77. The number of nitrogens with zero attached hydrogens (tertiary/aromatic N) is 1. The summed E-state index contributed by atoms with van der Waals surface area (Å²) in [7, 11) is 0. The fourth-order valence-electron chi connectivity index (χ4n) is 2.53. The lowest BCUT2D eigenvalue weighted by atomic mass is 10.1. The van der Waals surface area contributed by atoms with Crippen molar-refractivity contribution in [3.63, 3.8) is 0 Å². The van der Waals surface area contributed by atoms with Crippen LogP contribution in [0.25, 0.3) is 17.4 Å². The van der Waals surface area contributed by atoms with Crippen molar-refractivity contribution >= 4 is 52.5 Å². The highest BCUT2D eigenvalue weighted by atomic mass is 35.5. The van der Waals surface area contributed by atoms with Crippen molar-refractivity contribution in [2.24, 2.45) is 0 Å². The lowest BCUT2D eigenvalue weighted by molar-refractivity contribution is -0.145. The molecule has 0 aliphatic carbocycles. The van der Waals surface area contributed by atoms with E-state index in [-0.39, 0.29) is 22.1 Å². The largest absolute Gasteiger partial charge is 0.478 e. The molecule has 3 rings (SSSR count). The summed E-state index contributed by atoms with van der Waals surface area (Å²) in [6.07, 6.45) is 1.40. The number of rotatable bonds is 6. The molecule has 1 fully saturated rings. The third-order valence-electron chi connectivity index (χ3n) is 3.85. The fourth-order valence-corrected chi connectivity index (χ4v) is 3.61. The van der Waals surface area contributed by atoms with Crippen molar-refractivity contribution in [1.82, 2.24) is 4.90 Å². The Morgan fingerprint density at radius 3 is 2.69 bits per heavy atom. The number of imide groups is 1. The van der Waals surface area contributed by atoms with Gasteiger partial charge in [0.1, 0.15) is 18.1 Å². The van der Waals surface area contributed by atoms with Gasteiger partial charge in [0.05, 0.1) is 22.1 Å². The number of benzene rings is 1. The van der Waals surface area contributed by atoms with Gasteiger partial charge < -0.3 is 14.3 Å². The van der Waals surface area contributed by atoms with E-state index in [0.717, 1.165) is 4.90 Å². The minimum atomic E-state index is -1.14. The molecule has 0 saturated carbocycles. The maximum Gasteiger partial charge on any atom is 0.337 e. The highest BCUT2D eigenvalue weighted by Crippen LogP contribution is 2.33. The van der Waals surface area contributed by atoms with Gasteiger partial charge in [-0.05, 0) is 43.0 Å². The predicted octanol–water partition coefficient (Wildman–Crippen LogP) is 3.90. The molecule has 1 aliphatic heterocycles. The number of thioether (sulfide) groups is 1. The van der Waals surface area contributed by atoms with Crippen molar-refractivity contribution in [3.8, 4) is 11.3 Å². The van der Waals surface area contributed by atoms with Crippen LogP contribution in [-0.2, 0) is 14.3 Å². The Balaban J connectivity index is 1.79. The van der Waals surface area contributed by atoms with Crippen molar-refractivity contribution in [1.29, 1.82) is 0 Å². The van der Waals surface area contributed by atoms with Crippen LogP contribution in [0.2, 0.25) is 5.02 Å². The molecule has 0 spiro atoms. The first-order chi connectivity index (χ1) is 13.8. The minimum absolute atomic E-state index is 0.0301. The van der Waals surface area contributed by atoms with E-state index in [4.69, 9.17) is 25.9 Å². The first kappa shape index (κ1) is 20.7. The van der Waals surface area contributed by atoms with Gasteiger partial charge in [-0.25, -0.2) is 4.79 Å². The Bertz CT molecular complexity index is 1040. The number of ether oxygens (including phenoxy) is 1. The zero-order chi connectivity index (χ0) is 21.1. The topological polar surface area (TPSA) is 114 Å². The molecule has 1 saturated heterocycles. The monoisotopic (exact) mass is 435 g/mol. The number of amides is 2. The Morgan fingerprint density at radius 2 is 2.03 bits per heavy atom. The van der Waals surface area contributed by atoms with Crippen LogP contribution in [0.4, 0.5) is 4.79 Å². The summed E-state index contributed by atoms with van der Waals surface area (Å²) >= 11 is 6.66. The van der Waals surface area contributed by atoms with Crippen molar-refractivity contribution in [3.05, 3.63) is 51.6 Å². The van der Waals surface area contributed by atoms with E-state index in [1.54, 1.807) is 25.1 Å². The van der Waals surface area contributed by atoms with Gasteiger partial charge in [0.15, 0.2) is 0 Å². The van der Waals surface area contributed by atoms with E-state index in [0.29, 0.717) is 28.8 Å². The maximum absolute atomic E-state index is 12.4. The number of carboxylic acids is 1. The molecular weight excluding hydrogens is 422 g/mol. The molecule has 8 nitrogen and oxygen atoms in total. The zero-order valence-electron chi connectivity index (χ0n) is 15.0. The van der Waals surface area contributed by atoms with E-state index >= 15 is 0 Å². The summed E-state index contributed by atoms with van der Waals surface area (Å²) in [6, 6.07) is 7.59. The summed E-state index contributed by atoms with van der Waals surface area (Å²) in [4.78, 5) is 47.9. The molecule has 1 aliphatic rings. The van der Waals surface area contributed by atoms with E-state index in [9.17, 15) is 19.2 Å². The lowest BCUT2D eigenvalue weighted by Gasteiger charge is -2.10. The lowest BCUT2D eigenvalue weighted by Crippen LogP contribution is -2.34. The highest BCUT2D eigenvalue weighted by Gasteiger charge is 2.36. The smallest absolute Gasteiger partial charge is 0.337 e.